The second kappa shape index (κ2) is 11.0. The van der Waals surface area contributed by atoms with Gasteiger partial charge in [0.1, 0.15) is 18.2 Å². The summed E-state index contributed by atoms with van der Waals surface area (Å²) < 4.78 is 8.25. The Kier molecular flexibility index (Phi) is 7.63. The molecule has 6 heteroatoms. The van der Waals surface area contributed by atoms with E-state index in [2.05, 4.69) is 28.9 Å². The largest absolute Gasteiger partial charge is 0.491 e. The van der Waals surface area contributed by atoms with Crippen molar-refractivity contribution in [1.29, 1.82) is 0 Å². The molecule has 0 aliphatic carbocycles. The van der Waals surface area contributed by atoms with Crippen LogP contribution in [-0.2, 0) is 24.2 Å². The summed E-state index contributed by atoms with van der Waals surface area (Å²) in [4.78, 5) is 17.1. The number of hydrogen-bond acceptors (Lipinski definition) is 3. The van der Waals surface area contributed by atoms with Crippen molar-refractivity contribution in [3.63, 3.8) is 0 Å². The van der Waals surface area contributed by atoms with Crippen molar-refractivity contribution in [2.45, 2.75) is 32.7 Å². The maximum absolute atomic E-state index is 12.2. The van der Waals surface area contributed by atoms with Crippen LogP contribution >= 0.6 is 11.6 Å². The number of benzene rings is 3. The molecule has 1 heterocycles. The second-order valence-electron chi connectivity index (χ2n) is 8.04. The molecule has 0 fully saturated rings. The fraction of sp³-hybridized carbons (Fsp3) is 0.259. The Bertz CT molecular complexity index is 1220. The maximum atomic E-state index is 12.2. The second-order valence-corrected chi connectivity index (χ2v) is 8.48. The van der Waals surface area contributed by atoms with Crippen LogP contribution in [0.25, 0.3) is 11.0 Å². The highest BCUT2D eigenvalue weighted by molar-refractivity contribution is 6.30. The first-order chi connectivity index (χ1) is 16.1. The van der Waals surface area contributed by atoms with E-state index in [1.54, 1.807) is 12.1 Å². The van der Waals surface area contributed by atoms with Gasteiger partial charge in [-0.3, -0.25) is 4.79 Å². The summed E-state index contributed by atoms with van der Waals surface area (Å²) in [5.41, 5.74) is 4.16. The first-order valence-corrected chi connectivity index (χ1v) is 11.6. The van der Waals surface area contributed by atoms with Crippen molar-refractivity contribution in [3.8, 4) is 5.75 Å². The highest BCUT2D eigenvalue weighted by Gasteiger charge is 2.11. The summed E-state index contributed by atoms with van der Waals surface area (Å²) in [5, 5.41) is 3.68. The van der Waals surface area contributed by atoms with Crippen LogP contribution in [0.1, 0.15) is 23.4 Å². The smallest absolute Gasteiger partial charge is 0.224 e. The molecule has 1 amide bonds. The molecule has 5 nitrogen and oxygen atoms in total. The van der Waals surface area contributed by atoms with Gasteiger partial charge >= 0.3 is 0 Å². The van der Waals surface area contributed by atoms with E-state index in [4.69, 9.17) is 21.3 Å². The molecule has 170 valence electrons. The first-order valence-electron chi connectivity index (χ1n) is 11.2. The van der Waals surface area contributed by atoms with Gasteiger partial charge in [-0.1, -0.05) is 54.1 Å². The van der Waals surface area contributed by atoms with Crippen molar-refractivity contribution in [3.05, 3.63) is 94.8 Å². The average Bonchev–Trinajstić information content (AvgIpc) is 3.17. The van der Waals surface area contributed by atoms with Gasteiger partial charge in [-0.05, 0) is 54.8 Å². The van der Waals surface area contributed by atoms with E-state index < -0.39 is 0 Å². The predicted molar refractivity (Wildman–Crippen MR) is 133 cm³/mol. The topological polar surface area (TPSA) is 56.1 Å². The zero-order valence-corrected chi connectivity index (χ0v) is 19.5. The van der Waals surface area contributed by atoms with Gasteiger partial charge in [-0.25, -0.2) is 4.98 Å². The van der Waals surface area contributed by atoms with Gasteiger partial charge in [0.2, 0.25) is 5.91 Å². The number of para-hydroxylation sites is 3. The van der Waals surface area contributed by atoms with E-state index in [-0.39, 0.29) is 5.91 Å². The molecule has 0 radical (unpaired) electrons. The number of ether oxygens (including phenoxy) is 1. The number of aromatic nitrogens is 2. The Labute approximate surface area is 199 Å². The molecule has 3 aromatic carbocycles. The minimum atomic E-state index is 0.0115. The minimum Gasteiger partial charge on any atom is -0.491 e. The Hall–Kier alpha value is -3.31. The van der Waals surface area contributed by atoms with Crippen LogP contribution in [0.4, 0.5) is 0 Å². The molecule has 0 saturated heterocycles. The minimum absolute atomic E-state index is 0.0115. The van der Waals surface area contributed by atoms with Gasteiger partial charge in [0.15, 0.2) is 0 Å². The van der Waals surface area contributed by atoms with Crippen LogP contribution < -0.4 is 10.1 Å². The molecule has 0 spiro atoms. The lowest BCUT2D eigenvalue weighted by Crippen LogP contribution is -2.26. The zero-order chi connectivity index (χ0) is 23.0. The van der Waals surface area contributed by atoms with Crippen molar-refractivity contribution < 1.29 is 9.53 Å². The fourth-order valence-corrected chi connectivity index (χ4v) is 3.98. The van der Waals surface area contributed by atoms with E-state index in [0.717, 1.165) is 46.6 Å². The van der Waals surface area contributed by atoms with E-state index in [1.807, 2.05) is 48.5 Å². The molecule has 4 aromatic rings. The summed E-state index contributed by atoms with van der Waals surface area (Å²) in [6.07, 6.45) is 1.94. The number of hydrogen-bond donors (Lipinski definition) is 1. The molecular formula is C27H28ClN3O2. The Morgan fingerprint density at radius 3 is 2.61 bits per heavy atom. The summed E-state index contributed by atoms with van der Waals surface area (Å²) in [5.74, 6) is 1.93. The predicted octanol–water partition coefficient (Wildman–Crippen LogP) is 5.37. The van der Waals surface area contributed by atoms with Crippen molar-refractivity contribution in [2.75, 3.05) is 13.2 Å². The van der Waals surface area contributed by atoms with Crippen LogP contribution in [0.2, 0.25) is 5.02 Å². The van der Waals surface area contributed by atoms with Gasteiger partial charge in [0.25, 0.3) is 0 Å². The molecule has 0 saturated carbocycles. The normalized spacial score (nSPS) is 11.0. The van der Waals surface area contributed by atoms with E-state index in [0.29, 0.717) is 31.1 Å². The van der Waals surface area contributed by atoms with Gasteiger partial charge in [-0.2, -0.15) is 0 Å². The zero-order valence-electron chi connectivity index (χ0n) is 18.8. The molecule has 0 aliphatic heterocycles. The van der Waals surface area contributed by atoms with Gasteiger partial charge in [-0.15, -0.1) is 0 Å². The van der Waals surface area contributed by atoms with Gasteiger partial charge in [0, 0.05) is 18.0 Å². The number of imidazole rings is 1. The number of carbonyl (C=O) groups excluding carboxylic acids is 1. The summed E-state index contributed by atoms with van der Waals surface area (Å²) in [6, 6.07) is 23.6. The summed E-state index contributed by atoms with van der Waals surface area (Å²) >= 11 is 5.90. The summed E-state index contributed by atoms with van der Waals surface area (Å²) in [6.45, 7) is 3.94. The lowest BCUT2D eigenvalue weighted by Gasteiger charge is -2.12. The monoisotopic (exact) mass is 461 g/mol. The summed E-state index contributed by atoms with van der Waals surface area (Å²) in [7, 11) is 0. The Balaban J connectivity index is 1.32. The average molecular weight is 462 g/mol. The lowest BCUT2D eigenvalue weighted by molar-refractivity contribution is -0.120. The Morgan fingerprint density at radius 1 is 1.03 bits per heavy atom. The Morgan fingerprint density at radius 2 is 1.79 bits per heavy atom. The van der Waals surface area contributed by atoms with E-state index >= 15 is 0 Å². The van der Waals surface area contributed by atoms with Crippen LogP contribution in [0.5, 0.6) is 5.75 Å². The van der Waals surface area contributed by atoms with Crippen LogP contribution in [0.3, 0.4) is 0 Å². The highest BCUT2D eigenvalue weighted by atomic mass is 35.5. The number of aryl methyl sites for hydroxylation is 2. The third-order valence-corrected chi connectivity index (χ3v) is 5.83. The maximum Gasteiger partial charge on any atom is 0.224 e. The fourth-order valence-electron chi connectivity index (χ4n) is 3.86. The highest BCUT2D eigenvalue weighted by Crippen LogP contribution is 2.19. The third kappa shape index (κ3) is 6.14. The number of carbonyl (C=O) groups is 1. The number of nitrogens with zero attached hydrogens (tertiary/aromatic N) is 2. The van der Waals surface area contributed by atoms with Crippen LogP contribution in [0, 0.1) is 6.92 Å². The van der Waals surface area contributed by atoms with Crippen molar-refractivity contribution in [1.82, 2.24) is 14.9 Å². The SMILES string of the molecule is Cc1ccccc1OCCn1c(CCCNC(=O)Cc2ccc(Cl)cc2)nc2ccccc21. The van der Waals surface area contributed by atoms with Crippen molar-refractivity contribution >= 4 is 28.5 Å². The molecule has 33 heavy (non-hydrogen) atoms. The number of fused-ring (bicyclic) bond motifs is 1. The molecule has 1 aromatic heterocycles. The van der Waals surface area contributed by atoms with E-state index in [1.165, 1.54) is 0 Å². The molecule has 0 unspecified atom stereocenters. The molecule has 0 aliphatic rings. The van der Waals surface area contributed by atoms with Gasteiger partial charge < -0.3 is 14.6 Å². The molecule has 0 atom stereocenters. The first kappa shape index (κ1) is 22.9. The van der Waals surface area contributed by atoms with Crippen LogP contribution in [-0.4, -0.2) is 28.6 Å². The van der Waals surface area contributed by atoms with E-state index in [9.17, 15) is 4.79 Å². The molecule has 4 rings (SSSR count). The molecule has 1 N–H and O–H groups in total. The number of nitrogens with one attached hydrogen (secondary N) is 1. The van der Waals surface area contributed by atoms with Gasteiger partial charge in [0.05, 0.1) is 24.0 Å². The number of halogens is 1. The lowest BCUT2D eigenvalue weighted by atomic mass is 10.1. The van der Waals surface area contributed by atoms with Crippen LogP contribution in [0.15, 0.2) is 72.8 Å². The number of rotatable bonds is 10. The molecular weight excluding hydrogens is 434 g/mol. The standard InChI is InChI=1S/C27H28ClN3O2/c1-20-7-2-5-10-25(20)33-18-17-31-24-9-4-3-8-23(24)30-26(31)11-6-16-29-27(32)19-21-12-14-22(28)15-13-21/h2-5,7-10,12-15H,6,11,16-19H2,1H3,(H,29,32). The quantitative estimate of drug-likeness (QED) is 0.323. The number of amides is 1. The molecule has 0 bridgehead atoms. The van der Waals surface area contributed by atoms with Crippen molar-refractivity contribution in [2.24, 2.45) is 0 Å². The third-order valence-electron chi connectivity index (χ3n) is 5.58.